The molecule has 0 aromatic heterocycles. The third-order valence-corrected chi connectivity index (χ3v) is 7.21. The summed E-state index contributed by atoms with van der Waals surface area (Å²) in [5.41, 5.74) is 2.28. The fourth-order valence-electron chi connectivity index (χ4n) is 2.83. The molecule has 1 atom stereocenters. The van der Waals surface area contributed by atoms with Crippen LogP contribution in [-0.2, 0) is 4.57 Å². The van der Waals surface area contributed by atoms with E-state index in [0.29, 0.717) is 0 Å². The predicted molar refractivity (Wildman–Crippen MR) is 105 cm³/mol. The average molecular weight is 332 g/mol. The van der Waals surface area contributed by atoms with E-state index >= 15 is 0 Å². The van der Waals surface area contributed by atoms with Crippen LogP contribution in [0.25, 0.3) is 6.08 Å². The lowest BCUT2D eigenvalue weighted by atomic mass is 10.2. The number of rotatable bonds is 4. The second-order valence-electron chi connectivity index (χ2n) is 5.87. The van der Waals surface area contributed by atoms with Gasteiger partial charge in [0.25, 0.3) is 0 Å². The van der Waals surface area contributed by atoms with Gasteiger partial charge in [0.05, 0.1) is 0 Å². The van der Waals surface area contributed by atoms with Crippen LogP contribution >= 0.6 is 7.14 Å². The summed E-state index contributed by atoms with van der Waals surface area (Å²) in [7, 11) is -2.86. The first-order valence-corrected chi connectivity index (χ1v) is 9.81. The molecule has 0 saturated heterocycles. The van der Waals surface area contributed by atoms with Gasteiger partial charge < -0.3 is 4.57 Å². The fourth-order valence-corrected chi connectivity index (χ4v) is 5.45. The van der Waals surface area contributed by atoms with Gasteiger partial charge in [-0.25, -0.2) is 0 Å². The Balaban J connectivity index is 2.19. The van der Waals surface area contributed by atoms with Crippen molar-refractivity contribution in [1.29, 1.82) is 0 Å². The van der Waals surface area contributed by atoms with Crippen molar-refractivity contribution in [3.8, 4) is 0 Å². The lowest BCUT2D eigenvalue weighted by Crippen LogP contribution is -2.25. The summed E-state index contributed by atoms with van der Waals surface area (Å²) in [6.07, 6.45) is 4.05. The van der Waals surface area contributed by atoms with Crippen molar-refractivity contribution in [3.63, 3.8) is 0 Å². The molecular weight excluding hydrogens is 311 g/mol. The molecule has 1 nitrogen and oxygen atoms in total. The van der Waals surface area contributed by atoms with Gasteiger partial charge in [-0.05, 0) is 19.4 Å². The monoisotopic (exact) mass is 332 g/mol. The van der Waals surface area contributed by atoms with E-state index < -0.39 is 7.14 Å². The summed E-state index contributed by atoms with van der Waals surface area (Å²) in [4.78, 5) is 0. The first-order chi connectivity index (χ1) is 11.6. The van der Waals surface area contributed by atoms with Gasteiger partial charge in [-0.15, -0.1) is 0 Å². The summed E-state index contributed by atoms with van der Waals surface area (Å²) >= 11 is 0. The molecule has 0 fully saturated rings. The highest BCUT2D eigenvalue weighted by molar-refractivity contribution is 7.85. The summed E-state index contributed by atoms with van der Waals surface area (Å²) in [6, 6.07) is 25.8. The molecular formula is C22H21OP. The van der Waals surface area contributed by atoms with Crippen molar-refractivity contribution in [2.45, 2.75) is 13.8 Å². The number of aryl methyl sites for hydroxylation is 1. The Morgan fingerprint density at radius 1 is 0.708 bits per heavy atom. The maximum absolute atomic E-state index is 14.2. The van der Waals surface area contributed by atoms with Crippen LogP contribution in [0.5, 0.6) is 0 Å². The molecule has 0 aliphatic rings. The van der Waals surface area contributed by atoms with Gasteiger partial charge in [0, 0.05) is 15.9 Å². The molecule has 24 heavy (non-hydrogen) atoms. The Morgan fingerprint density at radius 3 is 1.75 bits per heavy atom. The topological polar surface area (TPSA) is 17.1 Å². The van der Waals surface area contributed by atoms with E-state index in [-0.39, 0.29) is 0 Å². The molecule has 120 valence electrons. The molecule has 2 heteroatoms. The Morgan fingerprint density at radius 2 is 1.21 bits per heavy atom. The molecule has 3 aromatic carbocycles. The van der Waals surface area contributed by atoms with E-state index in [1.165, 1.54) is 5.56 Å². The van der Waals surface area contributed by atoms with Crippen molar-refractivity contribution in [2.24, 2.45) is 0 Å². The summed E-state index contributed by atoms with van der Waals surface area (Å²) in [6.45, 7) is 4.04. The second-order valence-corrected chi connectivity index (χ2v) is 8.64. The molecule has 3 rings (SSSR count). The molecule has 0 heterocycles. The number of hydrogen-bond donors (Lipinski definition) is 0. The number of benzene rings is 3. The van der Waals surface area contributed by atoms with Crippen LogP contribution in [0, 0.1) is 6.92 Å². The molecule has 0 saturated carbocycles. The molecule has 0 aliphatic carbocycles. The lowest BCUT2D eigenvalue weighted by Gasteiger charge is -2.20. The minimum absolute atomic E-state index is 0.866. The Labute approximate surface area is 144 Å². The zero-order valence-corrected chi connectivity index (χ0v) is 14.9. The minimum atomic E-state index is -2.86. The summed E-state index contributed by atoms with van der Waals surface area (Å²) in [5.74, 6) is 0. The van der Waals surface area contributed by atoms with E-state index in [9.17, 15) is 4.57 Å². The third-order valence-electron chi connectivity index (χ3n) is 4.13. The Hall–Kier alpha value is -2.37. The first kappa shape index (κ1) is 16.5. The highest BCUT2D eigenvalue weighted by Gasteiger charge is 2.29. The summed E-state index contributed by atoms with van der Waals surface area (Å²) < 4.78 is 14.2. The van der Waals surface area contributed by atoms with Crippen LogP contribution in [-0.4, -0.2) is 0 Å². The zero-order chi connectivity index (χ0) is 17.0. The van der Waals surface area contributed by atoms with Crippen molar-refractivity contribution in [3.05, 3.63) is 96.1 Å². The third kappa shape index (κ3) is 3.13. The smallest absolute Gasteiger partial charge is 0.171 e. The first-order valence-electron chi connectivity index (χ1n) is 8.11. The van der Waals surface area contributed by atoms with Gasteiger partial charge >= 0.3 is 0 Å². The van der Waals surface area contributed by atoms with Crippen molar-refractivity contribution < 1.29 is 4.57 Å². The maximum atomic E-state index is 14.2. The van der Waals surface area contributed by atoms with Gasteiger partial charge in [0.15, 0.2) is 7.14 Å². The van der Waals surface area contributed by atoms with Crippen LogP contribution < -0.4 is 15.9 Å². The molecule has 0 radical (unpaired) electrons. The van der Waals surface area contributed by atoms with Crippen LogP contribution in [0.2, 0.25) is 0 Å². The molecule has 0 N–H and O–H groups in total. The lowest BCUT2D eigenvalue weighted by molar-refractivity contribution is 0.592. The molecule has 1 unspecified atom stereocenters. The molecule has 0 aliphatic heterocycles. The Bertz CT molecular complexity index is 876. The SMILES string of the molecule is C/C=C/c1ccc(P(=O)(c2ccccc2)c2ccc(C)cc2)cc1. The Kier molecular flexibility index (Phi) is 4.83. The van der Waals surface area contributed by atoms with E-state index in [2.05, 4.69) is 0 Å². The minimum Gasteiger partial charge on any atom is -0.309 e. The van der Waals surface area contributed by atoms with Gasteiger partial charge in [-0.2, -0.15) is 0 Å². The van der Waals surface area contributed by atoms with E-state index in [1.807, 2.05) is 105 Å². The highest BCUT2D eigenvalue weighted by Crippen LogP contribution is 2.42. The van der Waals surface area contributed by atoms with Gasteiger partial charge in [-0.3, -0.25) is 0 Å². The molecule has 0 spiro atoms. The quantitative estimate of drug-likeness (QED) is 0.635. The predicted octanol–water partition coefficient (Wildman–Crippen LogP) is 4.67. The van der Waals surface area contributed by atoms with Crippen molar-refractivity contribution in [1.82, 2.24) is 0 Å². The normalized spacial score (nSPS) is 13.8. The molecule has 0 bridgehead atoms. The fraction of sp³-hybridized carbons (Fsp3) is 0.0909. The average Bonchev–Trinajstić information content (AvgIpc) is 2.63. The molecule has 0 amide bonds. The van der Waals surface area contributed by atoms with Crippen molar-refractivity contribution >= 4 is 29.1 Å². The van der Waals surface area contributed by atoms with Gasteiger partial charge in [-0.1, -0.05) is 96.6 Å². The van der Waals surface area contributed by atoms with Crippen LogP contribution in [0.3, 0.4) is 0 Å². The number of allylic oxidation sites excluding steroid dienone is 1. The van der Waals surface area contributed by atoms with Gasteiger partial charge in [0.2, 0.25) is 0 Å². The number of hydrogen-bond acceptors (Lipinski definition) is 1. The van der Waals surface area contributed by atoms with E-state index in [0.717, 1.165) is 21.5 Å². The van der Waals surface area contributed by atoms with E-state index in [1.54, 1.807) is 0 Å². The second kappa shape index (κ2) is 7.03. The highest BCUT2D eigenvalue weighted by atomic mass is 31.2. The summed E-state index contributed by atoms with van der Waals surface area (Å²) in [5, 5.41) is 2.61. The van der Waals surface area contributed by atoms with E-state index in [4.69, 9.17) is 0 Å². The standard InChI is InChI=1S/C22H21OP/c1-3-7-19-12-16-22(17-13-19)24(23,20-8-5-4-6-9-20)21-14-10-18(2)11-15-21/h3-17H,1-2H3/b7-3+. The molecule has 3 aromatic rings. The zero-order valence-electron chi connectivity index (χ0n) is 14.0. The van der Waals surface area contributed by atoms with Crippen molar-refractivity contribution in [2.75, 3.05) is 0 Å². The van der Waals surface area contributed by atoms with Crippen LogP contribution in [0.1, 0.15) is 18.1 Å². The maximum Gasteiger partial charge on any atom is 0.171 e. The van der Waals surface area contributed by atoms with Crippen LogP contribution in [0.4, 0.5) is 0 Å². The largest absolute Gasteiger partial charge is 0.309 e. The van der Waals surface area contributed by atoms with Gasteiger partial charge in [0.1, 0.15) is 0 Å². The van der Waals surface area contributed by atoms with Crippen LogP contribution in [0.15, 0.2) is 84.9 Å².